The minimum absolute atomic E-state index is 0.00733. The molecule has 1 unspecified atom stereocenters. The van der Waals surface area contributed by atoms with Crippen molar-refractivity contribution in [2.75, 3.05) is 18.1 Å². The lowest BCUT2D eigenvalue weighted by molar-refractivity contribution is 0.0674. The molecule has 2 heterocycles. The quantitative estimate of drug-likeness (QED) is 0.894. The van der Waals surface area contributed by atoms with E-state index in [4.69, 9.17) is 0 Å². The summed E-state index contributed by atoms with van der Waals surface area (Å²) in [6.07, 6.45) is 0.893. The lowest BCUT2D eigenvalue weighted by Gasteiger charge is -2.23. The van der Waals surface area contributed by atoms with Gasteiger partial charge in [0.15, 0.2) is 0 Å². The Labute approximate surface area is 126 Å². The molecule has 1 aromatic heterocycles. The van der Waals surface area contributed by atoms with Crippen molar-refractivity contribution in [3.8, 4) is 0 Å². The Morgan fingerprint density at radius 3 is 2.60 bits per heavy atom. The van der Waals surface area contributed by atoms with E-state index in [0.717, 1.165) is 30.2 Å². The molecule has 2 N–H and O–H groups in total. The van der Waals surface area contributed by atoms with Crippen molar-refractivity contribution in [2.24, 2.45) is 0 Å². The molecular formula is C15H27N3OS. The molecular weight excluding hydrogens is 270 g/mol. The Kier molecular flexibility index (Phi) is 4.52. The second-order valence-corrected chi connectivity index (χ2v) is 7.97. The van der Waals surface area contributed by atoms with E-state index in [1.165, 1.54) is 11.3 Å². The first-order chi connectivity index (χ1) is 9.23. The van der Waals surface area contributed by atoms with Crippen LogP contribution in [0.2, 0.25) is 0 Å². The van der Waals surface area contributed by atoms with Crippen molar-refractivity contribution in [2.45, 2.75) is 58.7 Å². The molecule has 0 radical (unpaired) electrons. The standard InChI is InChI=1S/C15H27N3OS/c1-11-13(12(2)18(17-11)14(3,4)5)8-16-9-15(19)6-7-20-10-15/h16,19H,6-10H2,1-5H3. The smallest absolute Gasteiger partial charge is 0.0869 e. The summed E-state index contributed by atoms with van der Waals surface area (Å²) in [6, 6.07) is 0. The topological polar surface area (TPSA) is 50.1 Å². The summed E-state index contributed by atoms with van der Waals surface area (Å²) < 4.78 is 2.10. The fraction of sp³-hybridized carbons (Fsp3) is 0.800. The Bertz CT molecular complexity index is 470. The van der Waals surface area contributed by atoms with Gasteiger partial charge in [-0.15, -0.1) is 0 Å². The van der Waals surface area contributed by atoms with Crippen LogP contribution in [0.5, 0.6) is 0 Å². The maximum atomic E-state index is 10.3. The molecule has 0 saturated carbocycles. The van der Waals surface area contributed by atoms with Gasteiger partial charge in [-0.3, -0.25) is 4.68 Å². The monoisotopic (exact) mass is 297 g/mol. The van der Waals surface area contributed by atoms with Gasteiger partial charge in [-0.25, -0.2) is 0 Å². The maximum absolute atomic E-state index is 10.3. The van der Waals surface area contributed by atoms with Crippen LogP contribution in [0.15, 0.2) is 0 Å². The third kappa shape index (κ3) is 3.38. The van der Waals surface area contributed by atoms with Crippen molar-refractivity contribution in [1.29, 1.82) is 0 Å². The number of aryl methyl sites for hydroxylation is 1. The second-order valence-electron chi connectivity index (χ2n) is 6.86. The van der Waals surface area contributed by atoms with Crippen molar-refractivity contribution in [3.05, 3.63) is 17.0 Å². The van der Waals surface area contributed by atoms with E-state index < -0.39 is 5.60 Å². The molecule has 1 atom stereocenters. The molecule has 2 rings (SSSR count). The predicted octanol–water partition coefficient (Wildman–Crippen LogP) is 2.21. The average molecular weight is 297 g/mol. The van der Waals surface area contributed by atoms with Gasteiger partial charge >= 0.3 is 0 Å². The zero-order chi connectivity index (χ0) is 15.0. The predicted molar refractivity (Wildman–Crippen MR) is 85.3 cm³/mol. The molecule has 1 aromatic rings. The summed E-state index contributed by atoms with van der Waals surface area (Å²) >= 11 is 1.83. The maximum Gasteiger partial charge on any atom is 0.0869 e. The lowest BCUT2D eigenvalue weighted by atomic mass is 10.0. The number of hydrogen-bond donors (Lipinski definition) is 2. The molecule has 0 amide bonds. The van der Waals surface area contributed by atoms with E-state index in [0.29, 0.717) is 6.54 Å². The molecule has 0 bridgehead atoms. The van der Waals surface area contributed by atoms with Gasteiger partial charge in [0.2, 0.25) is 0 Å². The normalized spacial score (nSPS) is 23.5. The molecule has 0 aromatic carbocycles. The van der Waals surface area contributed by atoms with Crippen LogP contribution in [-0.2, 0) is 12.1 Å². The van der Waals surface area contributed by atoms with Gasteiger partial charge in [-0.1, -0.05) is 0 Å². The van der Waals surface area contributed by atoms with Gasteiger partial charge in [0.25, 0.3) is 0 Å². The van der Waals surface area contributed by atoms with Crippen molar-refractivity contribution >= 4 is 11.8 Å². The number of thioether (sulfide) groups is 1. The van der Waals surface area contributed by atoms with Crippen molar-refractivity contribution < 1.29 is 5.11 Å². The van der Waals surface area contributed by atoms with Crippen LogP contribution < -0.4 is 5.32 Å². The molecule has 20 heavy (non-hydrogen) atoms. The van der Waals surface area contributed by atoms with Gasteiger partial charge in [0.1, 0.15) is 0 Å². The lowest BCUT2D eigenvalue weighted by Crippen LogP contribution is -2.40. The number of aliphatic hydroxyl groups is 1. The van der Waals surface area contributed by atoms with Gasteiger partial charge in [0.05, 0.1) is 16.8 Å². The number of hydrogen-bond acceptors (Lipinski definition) is 4. The summed E-state index contributed by atoms with van der Waals surface area (Å²) in [7, 11) is 0. The summed E-state index contributed by atoms with van der Waals surface area (Å²) in [5.74, 6) is 1.91. The zero-order valence-electron chi connectivity index (χ0n) is 13.3. The van der Waals surface area contributed by atoms with Crippen LogP contribution in [0, 0.1) is 13.8 Å². The fourth-order valence-corrected chi connectivity index (χ4v) is 4.04. The number of nitrogens with zero attached hydrogens (tertiary/aromatic N) is 2. The molecule has 1 saturated heterocycles. The van der Waals surface area contributed by atoms with Gasteiger partial charge < -0.3 is 10.4 Å². The van der Waals surface area contributed by atoms with E-state index in [1.807, 2.05) is 11.8 Å². The number of rotatable bonds is 4. The molecule has 4 nitrogen and oxygen atoms in total. The van der Waals surface area contributed by atoms with Crippen molar-refractivity contribution in [3.63, 3.8) is 0 Å². The minimum atomic E-state index is -0.521. The number of aromatic nitrogens is 2. The highest BCUT2D eigenvalue weighted by atomic mass is 32.2. The highest BCUT2D eigenvalue weighted by Crippen LogP contribution is 2.27. The summed E-state index contributed by atoms with van der Waals surface area (Å²) in [5.41, 5.74) is 3.04. The van der Waals surface area contributed by atoms with Gasteiger partial charge in [-0.2, -0.15) is 16.9 Å². The van der Waals surface area contributed by atoms with Crippen LogP contribution in [0.3, 0.4) is 0 Å². The SMILES string of the molecule is Cc1nn(C(C)(C)C)c(C)c1CNCC1(O)CCSC1. The van der Waals surface area contributed by atoms with E-state index in [2.05, 4.69) is 49.7 Å². The highest BCUT2D eigenvalue weighted by Gasteiger charge is 2.31. The Morgan fingerprint density at radius 2 is 2.10 bits per heavy atom. The zero-order valence-corrected chi connectivity index (χ0v) is 14.1. The van der Waals surface area contributed by atoms with E-state index in [-0.39, 0.29) is 5.54 Å². The Morgan fingerprint density at radius 1 is 1.40 bits per heavy atom. The highest BCUT2D eigenvalue weighted by molar-refractivity contribution is 7.99. The Balaban J connectivity index is 2.01. The molecule has 0 aliphatic carbocycles. The van der Waals surface area contributed by atoms with E-state index >= 15 is 0 Å². The van der Waals surface area contributed by atoms with Crippen LogP contribution in [0.1, 0.15) is 44.1 Å². The fourth-order valence-electron chi connectivity index (χ4n) is 2.74. The van der Waals surface area contributed by atoms with Gasteiger partial charge in [-0.05, 0) is 46.8 Å². The van der Waals surface area contributed by atoms with E-state index in [9.17, 15) is 5.11 Å². The summed E-state index contributed by atoms with van der Waals surface area (Å²) in [4.78, 5) is 0. The average Bonchev–Trinajstić information content (AvgIpc) is 2.87. The van der Waals surface area contributed by atoms with Crippen LogP contribution >= 0.6 is 11.8 Å². The third-order valence-corrected chi connectivity index (χ3v) is 5.15. The summed E-state index contributed by atoms with van der Waals surface area (Å²) in [5, 5.41) is 18.4. The first kappa shape index (κ1) is 15.9. The third-order valence-electron chi connectivity index (χ3n) is 3.91. The number of nitrogens with one attached hydrogen (secondary N) is 1. The molecule has 114 valence electrons. The van der Waals surface area contributed by atoms with Crippen LogP contribution in [0.4, 0.5) is 0 Å². The molecule has 5 heteroatoms. The van der Waals surface area contributed by atoms with Gasteiger partial charge in [0, 0.05) is 30.1 Å². The largest absolute Gasteiger partial charge is 0.388 e. The first-order valence-electron chi connectivity index (χ1n) is 7.29. The van der Waals surface area contributed by atoms with Crippen LogP contribution in [0.25, 0.3) is 0 Å². The molecule has 1 aliphatic rings. The van der Waals surface area contributed by atoms with E-state index in [1.54, 1.807) is 0 Å². The van der Waals surface area contributed by atoms with Crippen molar-refractivity contribution in [1.82, 2.24) is 15.1 Å². The van der Waals surface area contributed by atoms with Crippen LogP contribution in [-0.4, -0.2) is 38.5 Å². The molecule has 1 aliphatic heterocycles. The first-order valence-corrected chi connectivity index (χ1v) is 8.45. The minimum Gasteiger partial charge on any atom is -0.388 e. The molecule has 0 spiro atoms. The second kappa shape index (κ2) is 5.70. The molecule has 1 fully saturated rings. The summed E-state index contributed by atoms with van der Waals surface area (Å²) in [6.45, 7) is 12.1. The Hall–Kier alpha value is -0.520.